The quantitative estimate of drug-likeness (QED) is 0.0653. The number of nitrogens with zero attached hydrogens (tertiary/aromatic N) is 13. The lowest BCUT2D eigenvalue weighted by atomic mass is 10.0. The van der Waals surface area contributed by atoms with Gasteiger partial charge in [-0.2, -0.15) is 10.5 Å². The largest absolute Gasteiger partial charge is 0.494 e. The standard InChI is InChI=1S/C62H61N17O6/c1-35(60(82)68-45-22-47(53(84-8)24-50(45)78-30-40(31-78)74(4)5)70-62-66-27-37(25-63)56(71-62)43-32-77-19-20-85-51-14-10-12-42(43)59(51)77)67-54(80)16-15-36-21-46(52(83-7)23-49(36)76-18-17-39(29-76)73(2)3)69-61-65-28-38(26-64)57(72-61)44-33-79-34-55(81)75(6)48-13-9-11-41(44)58(48)79/h9-16,21-24,27-28,32-33,39-40H,1,17-20,29-31,34H2,2-8H3,(H,67,80)(H,68,82)(H,65,69,72)(H,66,70,71). The Morgan fingerprint density at radius 1 is 0.753 bits per heavy atom. The molecule has 23 nitrogen and oxygen atoms in total. The third-order valence-corrected chi connectivity index (χ3v) is 16.2. The van der Waals surface area contributed by atoms with E-state index in [1.165, 1.54) is 18.5 Å². The number of hydrogen-bond donors (Lipinski definition) is 4. The Hall–Kier alpha value is -10.5. The van der Waals surface area contributed by atoms with Gasteiger partial charge in [0.25, 0.3) is 5.91 Å². The van der Waals surface area contributed by atoms with E-state index in [9.17, 15) is 24.9 Å². The van der Waals surface area contributed by atoms with Gasteiger partial charge in [0.05, 0.1) is 101 Å². The number of carbonyl (C=O) groups is 3. The average Bonchev–Trinajstić information content (AvgIpc) is 2.05. The summed E-state index contributed by atoms with van der Waals surface area (Å²) >= 11 is 0. The molecule has 0 aliphatic carbocycles. The molecule has 1 atom stereocenters. The molecule has 0 spiro atoms. The van der Waals surface area contributed by atoms with Crippen molar-refractivity contribution in [3.8, 4) is 51.9 Å². The maximum Gasteiger partial charge on any atom is 0.271 e. The van der Waals surface area contributed by atoms with Crippen molar-refractivity contribution in [3.63, 3.8) is 0 Å². The Balaban J connectivity index is 0.815. The summed E-state index contributed by atoms with van der Waals surface area (Å²) in [6.45, 7) is 8.09. The SMILES string of the molecule is C=C(NC(=O)C=Cc1cc(Nc2ncc(C#N)c(-c3cn4c5c(cccc35)N(C)C(=O)C4)n2)c(OC)cc1N1CCC(N(C)C)C1)C(=O)Nc1cc(Nc2ncc(C#N)c(-c3cn4c5c(cccc35)OCC4)n2)c(OC)cc1N1CC(N(C)C)C1. The normalized spacial score (nSPS) is 15.5. The van der Waals surface area contributed by atoms with Crippen LogP contribution >= 0.6 is 0 Å². The summed E-state index contributed by atoms with van der Waals surface area (Å²) in [6, 6.07) is 23.8. The van der Waals surface area contributed by atoms with Crippen LogP contribution in [0.1, 0.15) is 23.1 Å². The molecule has 85 heavy (non-hydrogen) atoms. The van der Waals surface area contributed by atoms with E-state index in [2.05, 4.69) is 88.2 Å². The van der Waals surface area contributed by atoms with E-state index in [-0.39, 0.29) is 53.3 Å². The molecule has 0 saturated carbocycles. The van der Waals surface area contributed by atoms with Crippen LogP contribution in [0, 0.1) is 22.7 Å². The van der Waals surface area contributed by atoms with Crippen molar-refractivity contribution in [1.82, 2.24) is 44.2 Å². The van der Waals surface area contributed by atoms with E-state index in [0.717, 1.165) is 57.5 Å². The highest BCUT2D eigenvalue weighted by atomic mass is 16.5. The van der Waals surface area contributed by atoms with Crippen molar-refractivity contribution in [2.45, 2.75) is 31.6 Å². The predicted molar refractivity (Wildman–Crippen MR) is 326 cm³/mol. The van der Waals surface area contributed by atoms with Crippen molar-refractivity contribution < 1.29 is 28.6 Å². The number of nitrogens with one attached hydrogen (secondary N) is 4. The van der Waals surface area contributed by atoms with Crippen molar-refractivity contribution in [2.75, 3.05) is 113 Å². The summed E-state index contributed by atoms with van der Waals surface area (Å²) in [5.41, 5.74) is 8.54. The first kappa shape index (κ1) is 55.1. The smallest absolute Gasteiger partial charge is 0.271 e. The molecule has 23 heteroatoms. The molecule has 4 N–H and O–H groups in total. The molecule has 4 aromatic carbocycles. The number of nitriles is 2. The van der Waals surface area contributed by atoms with Gasteiger partial charge in [-0.05, 0) is 65.0 Å². The second-order valence-electron chi connectivity index (χ2n) is 21.7. The number of methoxy groups -OCH3 is 2. The van der Waals surface area contributed by atoms with Crippen molar-refractivity contribution in [1.29, 1.82) is 10.5 Å². The number of likely N-dealkylation sites (N-methyl/N-ethyl adjacent to an activating group) is 3. The number of anilines is 8. The fraction of sp³-hybridized carbons (Fsp3) is 0.274. The van der Waals surface area contributed by atoms with Crippen molar-refractivity contribution >= 4 is 91.6 Å². The van der Waals surface area contributed by atoms with Crippen LogP contribution in [0.25, 0.3) is 50.4 Å². The summed E-state index contributed by atoms with van der Waals surface area (Å²) < 4.78 is 21.8. The van der Waals surface area contributed by atoms with Crippen molar-refractivity contribution in [2.24, 2.45) is 0 Å². The lowest BCUT2D eigenvalue weighted by Gasteiger charge is -2.45. The monoisotopic (exact) mass is 1140 g/mol. The maximum atomic E-state index is 14.2. The minimum atomic E-state index is -0.665. The molecule has 2 saturated heterocycles. The molecule has 4 aromatic heterocycles. The maximum absolute atomic E-state index is 14.2. The molecule has 3 amide bonds. The fourth-order valence-corrected chi connectivity index (χ4v) is 11.5. The Morgan fingerprint density at radius 2 is 1.36 bits per heavy atom. The second kappa shape index (κ2) is 22.3. The molecule has 8 heterocycles. The lowest BCUT2D eigenvalue weighted by molar-refractivity contribution is -0.119. The third kappa shape index (κ3) is 10.2. The zero-order valence-electron chi connectivity index (χ0n) is 48.0. The van der Waals surface area contributed by atoms with Gasteiger partial charge in [-0.15, -0.1) is 0 Å². The molecule has 4 aliphatic heterocycles. The summed E-state index contributed by atoms with van der Waals surface area (Å²) in [5.74, 6) is 0.690. The highest BCUT2D eigenvalue weighted by Gasteiger charge is 2.33. The number of benzene rings is 4. The number of carbonyl (C=O) groups excluding carboxylic acids is 3. The molecule has 8 aromatic rings. The third-order valence-electron chi connectivity index (χ3n) is 16.2. The van der Waals surface area contributed by atoms with Gasteiger partial charge in [0.2, 0.25) is 23.7 Å². The topological polar surface area (TPSA) is 252 Å². The summed E-state index contributed by atoms with van der Waals surface area (Å²) in [4.78, 5) is 70.3. The minimum Gasteiger partial charge on any atom is -0.494 e. The number of amides is 3. The summed E-state index contributed by atoms with van der Waals surface area (Å²) in [7, 11) is 13.0. The zero-order chi connectivity index (χ0) is 59.4. The van der Waals surface area contributed by atoms with Crippen LogP contribution in [-0.4, -0.2) is 151 Å². The molecule has 2 fully saturated rings. The van der Waals surface area contributed by atoms with Gasteiger partial charge in [0, 0.05) is 109 Å². The fourth-order valence-electron chi connectivity index (χ4n) is 11.5. The summed E-state index contributed by atoms with van der Waals surface area (Å²) in [5, 5.41) is 34.5. The van der Waals surface area contributed by atoms with Crippen LogP contribution < -0.4 is 50.2 Å². The predicted octanol–water partition coefficient (Wildman–Crippen LogP) is 7.30. The molecular formula is C62H61N17O6. The molecule has 0 radical (unpaired) electrons. The van der Waals surface area contributed by atoms with Crippen LogP contribution in [0.15, 0.2) is 104 Å². The van der Waals surface area contributed by atoms with E-state index in [1.54, 1.807) is 38.3 Å². The van der Waals surface area contributed by atoms with Gasteiger partial charge in [-0.1, -0.05) is 30.8 Å². The van der Waals surface area contributed by atoms with Crippen LogP contribution in [-0.2, 0) is 27.5 Å². The highest BCUT2D eigenvalue weighted by Crippen LogP contribution is 2.44. The molecule has 0 bridgehead atoms. The molecule has 12 rings (SSSR count). The van der Waals surface area contributed by atoms with Gasteiger partial charge in [0.15, 0.2) is 0 Å². The first-order valence-corrected chi connectivity index (χ1v) is 27.6. The zero-order valence-corrected chi connectivity index (χ0v) is 48.0. The number of rotatable bonds is 17. The first-order chi connectivity index (χ1) is 41.1. The average molecular weight is 1140 g/mol. The Labute approximate surface area is 489 Å². The Bertz CT molecular complexity index is 4180. The van der Waals surface area contributed by atoms with Gasteiger partial charge < -0.3 is 69.1 Å². The Kier molecular flexibility index (Phi) is 14.5. The van der Waals surface area contributed by atoms with Crippen LogP contribution in [0.2, 0.25) is 0 Å². The first-order valence-electron chi connectivity index (χ1n) is 27.6. The van der Waals surface area contributed by atoms with E-state index in [1.807, 2.05) is 85.7 Å². The number of hydrogen-bond acceptors (Lipinski definition) is 18. The van der Waals surface area contributed by atoms with E-state index in [0.29, 0.717) is 89.5 Å². The second-order valence-corrected chi connectivity index (χ2v) is 21.7. The van der Waals surface area contributed by atoms with Gasteiger partial charge in [0.1, 0.15) is 42.5 Å². The highest BCUT2D eigenvalue weighted by molar-refractivity contribution is 6.11. The van der Waals surface area contributed by atoms with Crippen LogP contribution in [0.3, 0.4) is 0 Å². The molecule has 430 valence electrons. The number of ether oxygens (including phenoxy) is 3. The van der Waals surface area contributed by atoms with Crippen LogP contribution in [0.5, 0.6) is 17.2 Å². The Morgan fingerprint density at radius 3 is 2.00 bits per heavy atom. The van der Waals surface area contributed by atoms with Crippen molar-refractivity contribution in [3.05, 3.63) is 120 Å². The molecular weight excluding hydrogens is 1080 g/mol. The van der Waals surface area contributed by atoms with E-state index < -0.39 is 11.8 Å². The van der Waals surface area contributed by atoms with Gasteiger partial charge >= 0.3 is 0 Å². The summed E-state index contributed by atoms with van der Waals surface area (Å²) in [6.07, 6.45) is 10.7. The van der Waals surface area contributed by atoms with E-state index >= 15 is 0 Å². The van der Waals surface area contributed by atoms with Gasteiger partial charge in [-0.25, -0.2) is 19.9 Å². The number of aromatic nitrogens is 6. The van der Waals surface area contributed by atoms with E-state index in [4.69, 9.17) is 24.2 Å². The molecule has 1 unspecified atom stereocenters. The van der Waals surface area contributed by atoms with Crippen LogP contribution in [0.4, 0.5) is 46.0 Å². The number of para-hydroxylation sites is 2. The lowest BCUT2D eigenvalue weighted by Crippen LogP contribution is -2.57. The van der Waals surface area contributed by atoms with Gasteiger partial charge in [-0.3, -0.25) is 14.4 Å². The minimum absolute atomic E-state index is 0.0648. The molecule has 4 aliphatic rings.